The summed E-state index contributed by atoms with van der Waals surface area (Å²) in [6.45, 7) is 4.26. The zero-order valence-electron chi connectivity index (χ0n) is 15.8. The maximum Gasteiger partial charge on any atom is 0.243 e. The lowest BCUT2D eigenvalue weighted by molar-refractivity contribution is -0.115. The van der Waals surface area contributed by atoms with E-state index in [1.807, 2.05) is 0 Å². The molecule has 0 atom stereocenters. The van der Waals surface area contributed by atoms with Gasteiger partial charge in [-0.25, -0.2) is 16.8 Å². The maximum atomic E-state index is 12.4. The average Bonchev–Trinajstić information content (AvgIpc) is 2.68. The van der Waals surface area contributed by atoms with Crippen LogP contribution < -0.4 is 5.32 Å². The Morgan fingerprint density at radius 3 is 1.96 bits per heavy atom. The van der Waals surface area contributed by atoms with E-state index in [9.17, 15) is 21.6 Å². The van der Waals surface area contributed by atoms with Gasteiger partial charge in [0.15, 0.2) is 9.84 Å². The van der Waals surface area contributed by atoms with Crippen LogP contribution in [0.4, 0.5) is 5.69 Å². The number of carbonyl (C=O) groups excluding carboxylic acids is 1. The highest BCUT2D eigenvalue weighted by Crippen LogP contribution is 2.18. The molecule has 0 radical (unpaired) electrons. The van der Waals surface area contributed by atoms with Crippen molar-refractivity contribution in [2.24, 2.45) is 0 Å². The van der Waals surface area contributed by atoms with E-state index in [4.69, 9.17) is 0 Å². The molecule has 1 N–H and O–H groups in total. The second-order valence-electron chi connectivity index (χ2n) is 6.04. The number of benzene rings is 2. The van der Waals surface area contributed by atoms with Crippen molar-refractivity contribution in [3.05, 3.63) is 54.6 Å². The molecule has 2 aromatic carbocycles. The van der Waals surface area contributed by atoms with E-state index in [1.54, 1.807) is 32.0 Å². The lowest BCUT2D eigenvalue weighted by atomic mass is 10.3. The van der Waals surface area contributed by atoms with E-state index >= 15 is 0 Å². The lowest BCUT2D eigenvalue weighted by Crippen LogP contribution is -2.30. The first-order valence-corrected chi connectivity index (χ1v) is 12.0. The summed E-state index contributed by atoms with van der Waals surface area (Å²) >= 11 is 0. The minimum atomic E-state index is -3.57. The number of anilines is 1. The van der Waals surface area contributed by atoms with Crippen LogP contribution in [0.3, 0.4) is 0 Å². The third-order valence-corrected chi connectivity index (χ3v) is 7.98. The second-order valence-corrected chi connectivity index (χ2v) is 10.1. The van der Waals surface area contributed by atoms with E-state index in [0.717, 1.165) is 0 Å². The first kappa shape index (κ1) is 22.1. The minimum Gasteiger partial charge on any atom is -0.326 e. The molecule has 1 amide bonds. The third kappa shape index (κ3) is 5.40. The fourth-order valence-electron chi connectivity index (χ4n) is 2.62. The van der Waals surface area contributed by atoms with Crippen LogP contribution >= 0.6 is 0 Å². The number of hydrogen-bond acceptors (Lipinski definition) is 5. The van der Waals surface area contributed by atoms with E-state index in [0.29, 0.717) is 18.8 Å². The molecular formula is C19H24N2O5S2. The molecular weight excluding hydrogens is 400 g/mol. The van der Waals surface area contributed by atoms with Crippen molar-refractivity contribution >= 4 is 31.5 Å². The second kappa shape index (κ2) is 9.31. The van der Waals surface area contributed by atoms with Crippen LogP contribution in [0.2, 0.25) is 0 Å². The molecule has 0 saturated heterocycles. The molecule has 0 bridgehead atoms. The molecule has 28 heavy (non-hydrogen) atoms. The minimum absolute atomic E-state index is 0.140. The quantitative estimate of drug-likeness (QED) is 0.667. The van der Waals surface area contributed by atoms with Crippen molar-refractivity contribution in [3.8, 4) is 0 Å². The normalized spacial score (nSPS) is 12.1. The Hall–Kier alpha value is -2.23. The van der Waals surface area contributed by atoms with Gasteiger partial charge in [0.2, 0.25) is 15.9 Å². The van der Waals surface area contributed by atoms with E-state index in [2.05, 4.69) is 5.32 Å². The maximum absolute atomic E-state index is 12.4. The summed E-state index contributed by atoms with van der Waals surface area (Å²) in [6, 6.07) is 13.8. The Labute approximate surface area is 166 Å². The highest BCUT2D eigenvalue weighted by Gasteiger charge is 2.21. The topological polar surface area (TPSA) is 101 Å². The summed E-state index contributed by atoms with van der Waals surface area (Å²) in [5.41, 5.74) is 0.403. The summed E-state index contributed by atoms with van der Waals surface area (Å²) in [4.78, 5) is 12.4. The Balaban J connectivity index is 2.00. The van der Waals surface area contributed by atoms with Gasteiger partial charge in [0, 0.05) is 25.2 Å². The molecule has 0 aliphatic rings. The van der Waals surface area contributed by atoms with Crippen molar-refractivity contribution < 1.29 is 21.6 Å². The van der Waals surface area contributed by atoms with E-state index < -0.39 is 25.8 Å². The van der Waals surface area contributed by atoms with Gasteiger partial charge in [-0.15, -0.1) is 0 Å². The van der Waals surface area contributed by atoms with Gasteiger partial charge in [0.05, 0.1) is 15.5 Å². The van der Waals surface area contributed by atoms with Gasteiger partial charge in [0.25, 0.3) is 0 Å². The van der Waals surface area contributed by atoms with Gasteiger partial charge in [-0.2, -0.15) is 4.31 Å². The van der Waals surface area contributed by atoms with E-state index in [-0.39, 0.29) is 22.0 Å². The number of sulfone groups is 1. The first-order chi connectivity index (χ1) is 13.2. The van der Waals surface area contributed by atoms with Crippen LogP contribution in [-0.2, 0) is 24.7 Å². The third-order valence-electron chi connectivity index (χ3n) is 4.18. The molecule has 0 unspecified atom stereocenters. The molecule has 0 aliphatic heterocycles. The Bertz CT molecular complexity index is 998. The van der Waals surface area contributed by atoms with Gasteiger partial charge >= 0.3 is 0 Å². The number of nitrogens with one attached hydrogen (secondary N) is 1. The van der Waals surface area contributed by atoms with Crippen molar-refractivity contribution in [1.82, 2.24) is 4.31 Å². The number of carbonyl (C=O) groups is 1. The average molecular weight is 425 g/mol. The number of amides is 1. The summed E-state index contributed by atoms with van der Waals surface area (Å²) in [6.07, 6.45) is -0.198. The zero-order chi connectivity index (χ0) is 20.8. The molecule has 0 fully saturated rings. The molecule has 9 heteroatoms. The predicted molar refractivity (Wildman–Crippen MR) is 108 cm³/mol. The molecule has 0 heterocycles. The molecule has 2 aromatic rings. The first-order valence-electron chi connectivity index (χ1n) is 8.88. The summed E-state index contributed by atoms with van der Waals surface area (Å²) in [7, 11) is -7.10. The van der Waals surface area contributed by atoms with Crippen molar-refractivity contribution in [1.29, 1.82) is 0 Å². The number of hydrogen-bond donors (Lipinski definition) is 1. The molecule has 0 aromatic heterocycles. The zero-order valence-corrected chi connectivity index (χ0v) is 17.5. The molecule has 0 spiro atoms. The fraction of sp³-hybridized carbons (Fsp3) is 0.316. The smallest absolute Gasteiger partial charge is 0.243 e. The standard InChI is InChI=1S/C19H24N2O5S2/c1-3-21(4-2)28(25,26)18-12-10-16(11-13-18)20-19(22)14-15-27(23,24)17-8-6-5-7-9-17/h5-13H,3-4,14-15H2,1-2H3,(H,20,22). The van der Waals surface area contributed by atoms with Crippen LogP contribution in [0, 0.1) is 0 Å². The molecule has 2 rings (SSSR count). The van der Waals surface area contributed by atoms with Crippen LogP contribution in [0.5, 0.6) is 0 Å². The van der Waals surface area contributed by atoms with Gasteiger partial charge in [-0.1, -0.05) is 32.0 Å². The summed E-state index contributed by atoms with van der Waals surface area (Å²) in [5, 5.41) is 2.59. The van der Waals surface area contributed by atoms with Gasteiger partial charge in [-0.3, -0.25) is 4.79 Å². The van der Waals surface area contributed by atoms with Crippen LogP contribution in [0.15, 0.2) is 64.4 Å². The number of rotatable bonds is 9. The fourth-order valence-corrected chi connectivity index (χ4v) is 5.34. The van der Waals surface area contributed by atoms with Crippen molar-refractivity contribution in [3.63, 3.8) is 0 Å². The lowest BCUT2D eigenvalue weighted by Gasteiger charge is -2.18. The van der Waals surface area contributed by atoms with Gasteiger partial charge < -0.3 is 5.32 Å². The summed E-state index contributed by atoms with van der Waals surface area (Å²) < 4.78 is 50.7. The highest BCUT2D eigenvalue weighted by molar-refractivity contribution is 7.91. The Morgan fingerprint density at radius 2 is 1.43 bits per heavy atom. The SMILES string of the molecule is CCN(CC)S(=O)(=O)c1ccc(NC(=O)CCS(=O)(=O)c2ccccc2)cc1. The highest BCUT2D eigenvalue weighted by atomic mass is 32.2. The monoisotopic (exact) mass is 424 g/mol. The van der Waals surface area contributed by atoms with Crippen molar-refractivity contribution in [2.45, 2.75) is 30.1 Å². The Morgan fingerprint density at radius 1 is 0.857 bits per heavy atom. The Kier molecular flexibility index (Phi) is 7.34. The molecule has 152 valence electrons. The van der Waals surface area contributed by atoms with Gasteiger partial charge in [-0.05, 0) is 36.4 Å². The van der Waals surface area contributed by atoms with Crippen LogP contribution in [-0.4, -0.2) is 45.9 Å². The molecule has 0 saturated carbocycles. The van der Waals surface area contributed by atoms with E-state index in [1.165, 1.54) is 40.7 Å². The van der Waals surface area contributed by atoms with Gasteiger partial charge in [0.1, 0.15) is 0 Å². The predicted octanol–water partition coefficient (Wildman–Crippen LogP) is 2.52. The van der Waals surface area contributed by atoms with Crippen LogP contribution in [0.1, 0.15) is 20.3 Å². The number of nitrogens with zero attached hydrogens (tertiary/aromatic N) is 1. The number of sulfonamides is 1. The van der Waals surface area contributed by atoms with Crippen molar-refractivity contribution in [2.75, 3.05) is 24.2 Å². The largest absolute Gasteiger partial charge is 0.326 e. The molecule has 7 nitrogen and oxygen atoms in total. The summed E-state index contributed by atoms with van der Waals surface area (Å²) in [5.74, 6) is -0.768. The molecule has 0 aliphatic carbocycles. The van der Waals surface area contributed by atoms with Crippen LogP contribution in [0.25, 0.3) is 0 Å².